The zero-order valence-corrected chi connectivity index (χ0v) is 24.8. The van der Waals surface area contributed by atoms with Gasteiger partial charge in [0.1, 0.15) is 6.10 Å². The van der Waals surface area contributed by atoms with Crippen LogP contribution in [0.25, 0.3) is 0 Å². The Morgan fingerprint density at radius 1 is 1.05 bits per heavy atom. The first-order valence-corrected chi connectivity index (χ1v) is 15.2. The average molecular weight is 531 g/mol. The minimum absolute atomic E-state index is 0.0737. The van der Waals surface area contributed by atoms with Gasteiger partial charge in [-0.1, -0.05) is 34.6 Å². The number of ketones is 1. The summed E-state index contributed by atoms with van der Waals surface area (Å²) in [6, 6.07) is 0. The summed E-state index contributed by atoms with van der Waals surface area (Å²) in [5, 5.41) is 21.8. The maximum Gasteiger partial charge on any atom is 0.303 e. The van der Waals surface area contributed by atoms with Crippen LogP contribution >= 0.6 is 0 Å². The highest BCUT2D eigenvalue weighted by molar-refractivity contribution is 5.93. The molecule has 214 valence electrons. The molecule has 0 aromatic heterocycles. The lowest BCUT2D eigenvalue weighted by Crippen LogP contribution is -2.59. The molecule has 6 nitrogen and oxygen atoms in total. The van der Waals surface area contributed by atoms with Crippen LogP contribution in [0.5, 0.6) is 0 Å². The van der Waals surface area contributed by atoms with E-state index in [4.69, 9.17) is 9.47 Å². The van der Waals surface area contributed by atoms with Crippen molar-refractivity contribution in [3.63, 3.8) is 0 Å². The number of carbonyl (C=O) groups excluding carboxylic acids is 2. The van der Waals surface area contributed by atoms with Crippen LogP contribution in [0, 0.1) is 50.7 Å². The molecule has 0 unspecified atom stereocenters. The normalized spacial score (nSPS) is 53.5. The fraction of sp³-hybridized carbons (Fsp3) is 0.938. The van der Waals surface area contributed by atoms with Gasteiger partial charge in [-0.25, -0.2) is 0 Å². The molecule has 38 heavy (non-hydrogen) atoms. The summed E-state index contributed by atoms with van der Waals surface area (Å²) in [5.41, 5.74) is -1.46. The summed E-state index contributed by atoms with van der Waals surface area (Å²) in [6.07, 6.45) is 6.13. The van der Waals surface area contributed by atoms with Crippen molar-refractivity contribution in [2.45, 2.75) is 137 Å². The van der Waals surface area contributed by atoms with Crippen LogP contribution in [0.3, 0.4) is 0 Å². The summed E-state index contributed by atoms with van der Waals surface area (Å²) in [4.78, 5) is 26.6. The third kappa shape index (κ3) is 3.06. The van der Waals surface area contributed by atoms with Gasteiger partial charge in [0.2, 0.25) is 0 Å². The zero-order chi connectivity index (χ0) is 27.8. The van der Waals surface area contributed by atoms with Gasteiger partial charge in [-0.15, -0.1) is 0 Å². The molecule has 6 heteroatoms. The fourth-order valence-corrected chi connectivity index (χ4v) is 12.1. The molecule has 5 saturated carbocycles. The van der Waals surface area contributed by atoms with E-state index < -0.39 is 35.3 Å². The summed E-state index contributed by atoms with van der Waals surface area (Å²) >= 11 is 0. The van der Waals surface area contributed by atoms with Gasteiger partial charge >= 0.3 is 5.97 Å². The summed E-state index contributed by atoms with van der Waals surface area (Å²) in [6.45, 7) is 16.1. The predicted molar refractivity (Wildman–Crippen MR) is 143 cm³/mol. The zero-order valence-electron chi connectivity index (χ0n) is 24.8. The van der Waals surface area contributed by atoms with E-state index in [0.717, 1.165) is 32.1 Å². The van der Waals surface area contributed by atoms with Crippen molar-refractivity contribution in [1.82, 2.24) is 0 Å². The minimum Gasteiger partial charge on any atom is -0.457 e. The first-order valence-electron chi connectivity index (χ1n) is 15.2. The second-order valence-electron chi connectivity index (χ2n) is 16.0. The summed E-state index contributed by atoms with van der Waals surface area (Å²) in [5.74, 6) is 1.03. The molecule has 5 aliphatic carbocycles. The number of rotatable bonds is 3. The SMILES string of the molecule is CC(=O)O[C@@H]([C@H]1C[C@@H](C)[C@H]2[C@H](O1)C(=O)[C@@]1(C)[C@@H]3CC[C@H]4C(C)(C)[C@@H](O)CC[C@@]45C[C@@]35CC[C@]21C)C(C)(C)O. The number of carbonyl (C=O) groups is 2. The molecule has 1 aliphatic heterocycles. The molecule has 0 amide bonds. The second-order valence-corrected chi connectivity index (χ2v) is 16.0. The number of hydrogen-bond acceptors (Lipinski definition) is 6. The first-order chi connectivity index (χ1) is 17.5. The number of hydrogen-bond donors (Lipinski definition) is 2. The Labute approximate surface area is 228 Å². The van der Waals surface area contributed by atoms with Crippen molar-refractivity contribution in [2.24, 2.45) is 50.7 Å². The van der Waals surface area contributed by atoms with E-state index in [9.17, 15) is 19.8 Å². The maximum atomic E-state index is 14.7. The van der Waals surface area contributed by atoms with Crippen molar-refractivity contribution in [2.75, 3.05) is 0 Å². The highest BCUT2D eigenvalue weighted by Gasteiger charge is 2.84. The molecule has 6 fully saturated rings. The van der Waals surface area contributed by atoms with Gasteiger partial charge in [-0.2, -0.15) is 0 Å². The first kappa shape index (κ1) is 27.2. The Morgan fingerprint density at radius 3 is 2.32 bits per heavy atom. The van der Waals surface area contributed by atoms with Crippen molar-refractivity contribution in [3.05, 3.63) is 0 Å². The van der Waals surface area contributed by atoms with Gasteiger partial charge in [0, 0.05) is 18.3 Å². The van der Waals surface area contributed by atoms with Crippen LogP contribution in [0.15, 0.2) is 0 Å². The van der Waals surface area contributed by atoms with E-state index in [1.165, 1.54) is 19.8 Å². The number of Topliss-reactive ketones (excluding diaryl/α,β-unsaturated/α-hetero) is 1. The van der Waals surface area contributed by atoms with Gasteiger partial charge in [0.05, 0.1) is 17.8 Å². The van der Waals surface area contributed by atoms with E-state index >= 15 is 0 Å². The molecule has 2 spiro atoms. The molecule has 2 N–H and O–H groups in total. The lowest BCUT2D eigenvalue weighted by molar-refractivity contribution is -0.209. The van der Waals surface area contributed by atoms with E-state index in [1.807, 2.05) is 0 Å². The van der Waals surface area contributed by atoms with Gasteiger partial charge < -0.3 is 19.7 Å². The smallest absolute Gasteiger partial charge is 0.303 e. The van der Waals surface area contributed by atoms with Crippen molar-refractivity contribution >= 4 is 11.8 Å². The molecule has 0 aromatic rings. The molecule has 1 saturated heterocycles. The summed E-state index contributed by atoms with van der Waals surface area (Å²) in [7, 11) is 0. The Bertz CT molecular complexity index is 1050. The van der Waals surface area contributed by atoms with E-state index in [-0.39, 0.29) is 45.4 Å². The molecule has 1 heterocycles. The largest absolute Gasteiger partial charge is 0.457 e. The van der Waals surface area contributed by atoms with Gasteiger partial charge in [-0.3, -0.25) is 9.59 Å². The quantitative estimate of drug-likeness (QED) is 0.495. The molecule has 0 aromatic carbocycles. The lowest BCUT2D eigenvalue weighted by atomic mass is 9.41. The summed E-state index contributed by atoms with van der Waals surface area (Å²) < 4.78 is 12.3. The highest BCUT2D eigenvalue weighted by atomic mass is 16.6. The van der Waals surface area contributed by atoms with Crippen molar-refractivity contribution in [1.29, 1.82) is 0 Å². The van der Waals surface area contributed by atoms with Crippen LogP contribution in [-0.2, 0) is 19.1 Å². The highest BCUT2D eigenvalue weighted by Crippen LogP contribution is 2.88. The van der Waals surface area contributed by atoms with Gasteiger partial charge in [0.15, 0.2) is 11.9 Å². The Hall–Kier alpha value is -0.980. The third-order valence-electron chi connectivity index (χ3n) is 13.9. The van der Waals surface area contributed by atoms with Crippen LogP contribution in [0.4, 0.5) is 0 Å². The lowest BCUT2D eigenvalue weighted by Gasteiger charge is -2.62. The van der Waals surface area contributed by atoms with Crippen LogP contribution < -0.4 is 0 Å². The Morgan fingerprint density at radius 2 is 1.68 bits per heavy atom. The van der Waals surface area contributed by atoms with Crippen LogP contribution in [-0.4, -0.2) is 52.0 Å². The predicted octanol–water partition coefficient (Wildman–Crippen LogP) is 5.07. The fourth-order valence-electron chi connectivity index (χ4n) is 12.1. The maximum absolute atomic E-state index is 14.7. The molecule has 12 atom stereocenters. The minimum atomic E-state index is -1.27. The number of aliphatic hydroxyl groups excluding tert-OH is 1. The molecular formula is C32H50O6. The number of ether oxygens (including phenoxy) is 2. The monoisotopic (exact) mass is 530 g/mol. The average Bonchev–Trinajstić information content (AvgIpc) is 3.44. The van der Waals surface area contributed by atoms with E-state index in [2.05, 4.69) is 34.6 Å². The number of fused-ring (bicyclic) bond motifs is 4. The van der Waals surface area contributed by atoms with Gasteiger partial charge in [-0.05, 0) is 105 Å². The van der Waals surface area contributed by atoms with E-state index in [0.29, 0.717) is 18.3 Å². The molecule has 6 rings (SSSR count). The molecule has 6 aliphatic rings. The topological polar surface area (TPSA) is 93.1 Å². The second kappa shape index (κ2) is 7.85. The molecular weight excluding hydrogens is 480 g/mol. The Balaban J connectivity index is 1.35. The molecule has 0 radical (unpaired) electrons. The standard InChI is InChI=1S/C32H50O6/c1-17-15-19(26(28(5,6)36)37-18(2)33)38-24-23(17)29(7)13-14-32-16-31(32)12-11-22(34)27(3,4)20(31)9-10-21(32)30(29,8)25(24)35/h17,19-24,26,34,36H,9-16H2,1-8H3/t17-,19-,20+,21+,22+,23+,24+,26+,29-,30-,31-,32+/m1/s1. The number of esters is 1. The van der Waals surface area contributed by atoms with Crippen LogP contribution in [0.1, 0.15) is 107 Å². The third-order valence-corrected chi connectivity index (χ3v) is 13.9. The van der Waals surface area contributed by atoms with Gasteiger partial charge in [0.25, 0.3) is 0 Å². The molecule has 0 bridgehead atoms. The van der Waals surface area contributed by atoms with Crippen LogP contribution in [0.2, 0.25) is 0 Å². The van der Waals surface area contributed by atoms with E-state index in [1.54, 1.807) is 13.8 Å². The Kier molecular flexibility index (Phi) is 5.62. The van der Waals surface area contributed by atoms with Crippen molar-refractivity contribution < 1.29 is 29.3 Å². The number of aliphatic hydroxyl groups is 2. The van der Waals surface area contributed by atoms with Crippen molar-refractivity contribution in [3.8, 4) is 0 Å².